The summed E-state index contributed by atoms with van der Waals surface area (Å²) in [6.45, 7) is -2.00. The lowest BCUT2D eigenvalue weighted by atomic mass is 10.1. The zero-order chi connectivity index (χ0) is 25.3. The summed E-state index contributed by atoms with van der Waals surface area (Å²) in [5, 5.41) is 4.44. The van der Waals surface area contributed by atoms with Crippen LogP contribution in [0.3, 0.4) is 0 Å². The first-order chi connectivity index (χ1) is 16.6. The standard InChI is InChI=1S/C20H15Cl2F4N5O4/c21-10-35-19(33)31(18-27-16-4-2-12(22)6-30(16)28-18)14-3-1-11(17(32)29-7-13(23)8-29)5-15(14)34-9-20(24,25)26/h1-6,13H,7-10H2. The van der Waals surface area contributed by atoms with E-state index in [0.29, 0.717) is 5.02 Å². The van der Waals surface area contributed by atoms with Gasteiger partial charge in [0.15, 0.2) is 18.3 Å². The van der Waals surface area contributed by atoms with Crippen molar-refractivity contribution in [3.8, 4) is 5.75 Å². The number of aromatic nitrogens is 3. The number of amides is 2. The number of likely N-dealkylation sites (tertiary alicyclic amines) is 1. The fraction of sp³-hybridized carbons (Fsp3) is 0.300. The number of carbonyl (C=O) groups is 2. The third kappa shape index (κ3) is 5.51. The Balaban J connectivity index is 1.79. The van der Waals surface area contributed by atoms with Crippen molar-refractivity contribution in [1.29, 1.82) is 0 Å². The minimum Gasteiger partial charge on any atom is -0.482 e. The molecule has 1 aromatic carbocycles. The Kier molecular flexibility index (Phi) is 6.90. The van der Waals surface area contributed by atoms with Crippen molar-refractivity contribution < 1.29 is 36.6 Å². The number of hydrogen-bond acceptors (Lipinski definition) is 6. The Labute approximate surface area is 204 Å². The van der Waals surface area contributed by atoms with Crippen LogP contribution in [-0.2, 0) is 4.74 Å². The summed E-state index contributed by atoms with van der Waals surface area (Å²) in [7, 11) is 0. The molecule has 0 saturated carbocycles. The van der Waals surface area contributed by atoms with E-state index in [-0.39, 0.29) is 35.9 Å². The minimum atomic E-state index is -4.73. The first kappa shape index (κ1) is 24.8. The summed E-state index contributed by atoms with van der Waals surface area (Å²) < 4.78 is 63.0. The van der Waals surface area contributed by atoms with Crippen LogP contribution in [-0.4, -0.2) is 69.6 Å². The number of anilines is 2. The van der Waals surface area contributed by atoms with Crippen LogP contribution < -0.4 is 9.64 Å². The molecule has 0 N–H and O–H groups in total. The van der Waals surface area contributed by atoms with Crippen LogP contribution in [0.15, 0.2) is 36.5 Å². The van der Waals surface area contributed by atoms with Crippen LogP contribution in [0.4, 0.5) is 34.0 Å². The van der Waals surface area contributed by atoms with Crippen LogP contribution in [0, 0.1) is 0 Å². The van der Waals surface area contributed by atoms with Crippen LogP contribution in [0.25, 0.3) is 5.65 Å². The van der Waals surface area contributed by atoms with E-state index < -0.39 is 42.8 Å². The highest BCUT2D eigenvalue weighted by Crippen LogP contribution is 2.36. The minimum absolute atomic E-state index is 0.0711. The number of fused-ring (bicyclic) bond motifs is 1. The Morgan fingerprint density at radius 1 is 1.20 bits per heavy atom. The molecule has 1 aliphatic heterocycles. The van der Waals surface area contributed by atoms with E-state index in [4.69, 9.17) is 32.7 Å². The number of hydrogen-bond donors (Lipinski definition) is 0. The maximum atomic E-state index is 13.2. The van der Waals surface area contributed by atoms with Gasteiger partial charge in [-0.3, -0.25) is 4.79 Å². The molecular weight excluding hydrogens is 521 g/mol. The van der Waals surface area contributed by atoms with Crippen molar-refractivity contribution in [3.63, 3.8) is 0 Å². The number of alkyl halides is 5. The van der Waals surface area contributed by atoms with Gasteiger partial charge >= 0.3 is 12.3 Å². The van der Waals surface area contributed by atoms with Crippen LogP contribution in [0.2, 0.25) is 5.02 Å². The van der Waals surface area contributed by atoms with Gasteiger partial charge in [0.05, 0.1) is 23.8 Å². The molecule has 9 nitrogen and oxygen atoms in total. The average Bonchev–Trinajstić information content (AvgIpc) is 3.18. The monoisotopic (exact) mass is 535 g/mol. The number of halogens is 6. The Bertz CT molecular complexity index is 1270. The van der Waals surface area contributed by atoms with E-state index in [1.54, 1.807) is 0 Å². The zero-order valence-corrected chi connectivity index (χ0v) is 19.0. The molecule has 4 rings (SSSR count). The molecule has 0 bridgehead atoms. The maximum Gasteiger partial charge on any atom is 0.422 e. The van der Waals surface area contributed by atoms with Gasteiger partial charge in [-0.2, -0.15) is 18.2 Å². The van der Waals surface area contributed by atoms with Crippen LogP contribution >= 0.6 is 23.2 Å². The van der Waals surface area contributed by atoms with Gasteiger partial charge in [-0.25, -0.2) is 18.6 Å². The average molecular weight is 536 g/mol. The van der Waals surface area contributed by atoms with Crippen molar-refractivity contribution in [1.82, 2.24) is 19.5 Å². The van der Waals surface area contributed by atoms with Crippen molar-refractivity contribution in [3.05, 3.63) is 47.1 Å². The quantitative estimate of drug-likeness (QED) is 0.339. The van der Waals surface area contributed by atoms with Gasteiger partial charge in [0, 0.05) is 11.8 Å². The summed E-state index contributed by atoms with van der Waals surface area (Å²) in [5.41, 5.74) is -0.0654. The summed E-state index contributed by atoms with van der Waals surface area (Å²) in [5.74, 6) is -1.40. The summed E-state index contributed by atoms with van der Waals surface area (Å²) in [6.07, 6.45) is -5.63. The van der Waals surface area contributed by atoms with Crippen molar-refractivity contribution in [2.24, 2.45) is 0 Å². The van der Waals surface area contributed by atoms with Crippen LogP contribution in [0.5, 0.6) is 5.75 Å². The fourth-order valence-electron chi connectivity index (χ4n) is 3.22. The number of nitrogens with zero attached hydrogens (tertiary/aromatic N) is 5. The van der Waals surface area contributed by atoms with Gasteiger partial charge in [0.1, 0.15) is 11.9 Å². The van der Waals surface area contributed by atoms with Gasteiger partial charge in [0.25, 0.3) is 11.9 Å². The second-order valence-electron chi connectivity index (χ2n) is 7.31. The van der Waals surface area contributed by atoms with Gasteiger partial charge in [0.2, 0.25) is 0 Å². The van der Waals surface area contributed by atoms with Gasteiger partial charge < -0.3 is 14.4 Å². The zero-order valence-electron chi connectivity index (χ0n) is 17.5. The summed E-state index contributed by atoms with van der Waals surface area (Å²) in [6, 6.07) is 5.87. The molecule has 3 heterocycles. The predicted octanol–water partition coefficient (Wildman–Crippen LogP) is 4.59. The van der Waals surface area contributed by atoms with E-state index in [1.165, 1.54) is 39.9 Å². The smallest absolute Gasteiger partial charge is 0.422 e. The molecular formula is C20H15Cl2F4N5O4. The largest absolute Gasteiger partial charge is 0.482 e. The lowest BCUT2D eigenvalue weighted by molar-refractivity contribution is -0.153. The number of pyridine rings is 1. The van der Waals surface area contributed by atoms with E-state index in [1.807, 2.05) is 0 Å². The first-order valence-electron chi connectivity index (χ1n) is 9.87. The molecule has 1 saturated heterocycles. The normalized spacial score (nSPS) is 14.1. The maximum absolute atomic E-state index is 13.2. The van der Waals surface area contributed by atoms with E-state index in [2.05, 4.69) is 10.1 Å². The third-order valence-electron chi connectivity index (χ3n) is 4.81. The number of rotatable bonds is 6. The van der Waals surface area contributed by atoms with Gasteiger partial charge in [-0.05, 0) is 30.3 Å². The molecule has 2 aromatic heterocycles. The molecule has 0 aliphatic carbocycles. The Hall–Kier alpha value is -3.32. The molecule has 0 spiro atoms. The molecule has 0 atom stereocenters. The second kappa shape index (κ2) is 9.74. The molecule has 3 aromatic rings. The lowest BCUT2D eigenvalue weighted by Gasteiger charge is -2.34. The summed E-state index contributed by atoms with van der Waals surface area (Å²) >= 11 is 11.5. The topological polar surface area (TPSA) is 89.3 Å². The fourth-order valence-corrected chi connectivity index (χ4v) is 3.47. The first-order valence-corrected chi connectivity index (χ1v) is 10.8. The lowest BCUT2D eigenvalue weighted by Crippen LogP contribution is -2.51. The van der Waals surface area contributed by atoms with E-state index in [9.17, 15) is 27.2 Å². The third-order valence-corrected chi connectivity index (χ3v) is 5.14. The van der Waals surface area contributed by atoms with Gasteiger partial charge in [-0.15, -0.1) is 5.10 Å². The molecule has 186 valence electrons. The molecule has 35 heavy (non-hydrogen) atoms. The van der Waals surface area contributed by atoms with Crippen molar-refractivity contribution >= 4 is 52.5 Å². The molecule has 1 aliphatic rings. The predicted molar refractivity (Wildman–Crippen MR) is 116 cm³/mol. The van der Waals surface area contributed by atoms with Crippen molar-refractivity contribution in [2.45, 2.75) is 12.3 Å². The molecule has 15 heteroatoms. The number of carbonyl (C=O) groups excluding carboxylic acids is 2. The molecule has 0 unspecified atom stereocenters. The number of ether oxygens (including phenoxy) is 2. The van der Waals surface area contributed by atoms with Gasteiger partial charge in [-0.1, -0.05) is 23.2 Å². The highest BCUT2D eigenvalue weighted by Gasteiger charge is 2.34. The number of benzene rings is 1. The summed E-state index contributed by atoms with van der Waals surface area (Å²) in [4.78, 5) is 31.5. The molecule has 2 amide bonds. The molecule has 1 fully saturated rings. The van der Waals surface area contributed by atoms with E-state index >= 15 is 0 Å². The molecule has 0 radical (unpaired) electrons. The highest BCUT2D eigenvalue weighted by atomic mass is 35.5. The Morgan fingerprint density at radius 2 is 1.94 bits per heavy atom. The SMILES string of the molecule is O=C(c1ccc(N(C(=O)OCCl)c2nc3ccc(Cl)cn3n2)c(OCC(F)(F)F)c1)N1CC(F)C1. The highest BCUT2D eigenvalue weighted by molar-refractivity contribution is 6.30. The van der Waals surface area contributed by atoms with Crippen molar-refractivity contribution in [2.75, 3.05) is 30.7 Å². The van der Waals surface area contributed by atoms with E-state index in [0.717, 1.165) is 11.0 Å². The Morgan fingerprint density at radius 3 is 2.60 bits per heavy atom. The van der Waals surface area contributed by atoms with Crippen LogP contribution in [0.1, 0.15) is 10.4 Å². The second-order valence-corrected chi connectivity index (χ2v) is 7.97.